The molecule has 4 heteroatoms. The number of rotatable bonds is 3. The molecule has 0 saturated carbocycles. The predicted octanol–water partition coefficient (Wildman–Crippen LogP) is 2.55. The van der Waals surface area contributed by atoms with Crippen LogP contribution in [-0.2, 0) is 18.3 Å². The van der Waals surface area contributed by atoms with E-state index >= 15 is 0 Å². The topological polar surface area (TPSA) is 24.9 Å². The van der Waals surface area contributed by atoms with Gasteiger partial charge in [0.15, 0.2) is 0 Å². The molecule has 86 valence electrons. The van der Waals surface area contributed by atoms with Crippen molar-refractivity contribution < 1.29 is 0 Å². The molecule has 1 aromatic rings. The lowest BCUT2D eigenvalue weighted by atomic mass is 9.91. The highest BCUT2D eigenvalue weighted by Gasteiger charge is 2.33. The van der Waals surface area contributed by atoms with E-state index in [1.165, 1.54) is 28.4 Å². The number of aryl methyl sites for hydroxylation is 1. The lowest BCUT2D eigenvalue weighted by Gasteiger charge is -2.15. The molecule has 0 fully saturated rings. The van der Waals surface area contributed by atoms with Crippen LogP contribution in [0, 0.1) is 0 Å². The molecule has 2 nitrogen and oxygen atoms in total. The summed E-state index contributed by atoms with van der Waals surface area (Å²) in [6.07, 6.45) is 3.58. The summed E-state index contributed by atoms with van der Waals surface area (Å²) >= 11 is 1.91. The first kappa shape index (κ1) is 12.9. The minimum Gasteiger partial charge on any atom is -0.319 e. The zero-order valence-corrected chi connectivity index (χ0v) is 11.2. The van der Waals surface area contributed by atoms with Gasteiger partial charge in [-0.1, -0.05) is 13.8 Å². The molecule has 1 N–H and O–H groups in total. The minimum atomic E-state index is 0. The largest absolute Gasteiger partial charge is 0.319 e. The molecule has 0 spiro atoms. The third-order valence-electron chi connectivity index (χ3n) is 2.95. The van der Waals surface area contributed by atoms with Gasteiger partial charge in [0.2, 0.25) is 0 Å². The van der Waals surface area contributed by atoms with E-state index in [0.29, 0.717) is 5.41 Å². The van der Waals surface area contributed by atoms with Gasteiger partial charge in [-0.15, -0.1) is 23.7 Å². The Bertz CT molecular complexity index is 333. The molecule has 1 heterocycles. The van der Waals surface area contributed by atoms with Gasteiger partial charge in [0.05, 0.1) is 10.7 Å². The Kier molecular flexibility index (Phi) is 4.15. The van der Waals surface area contributed by atoms with Gasteiger partial charge in [0, 0.05) is 23.3 Å². The predicted molar refractivity (Wildman–Crippen MR) is 68.3 cm³/mol. The van der Waals surface area contributed by atoms with E-state index in [0.717, 1.165) is 13.0 Å². The van der Waals surface area contributed by atoms with Gasteiger partial charge in [-0.25, -0.2) is 4.98 Å². The highest BCUT2D eigenvalue weighted by atomic mass is 35.5. The standard InChI is InChI=1S/C11H18N2S.ClH/c1-11(2)6-4-8-10(11)13-9(14-8)5-7-12-3;/h12H,4-7H2,1-3H3;1H. The zero-order chi connectivity index (χ0) is 10.2. The van der Waals surface area contributed by atoms with Gasteiger partial charge in [-0.05, 0) is 19.9 Å². The molecule has 15 heavy (non-hydrogen) atoms. The summed E-state index contributed by atoms with van der Waals surface area (Å²) in [4.78, 5) is 6.29. The van der Waals surface area contributed by atoms with Crippen LogP contribution in [0.1, 0.15) is 35.8 Å². The van der Waals surface area contributed by atoms with E-state index in [2.05, 4.69) is 19.2 Å². The smallest absolute Gasteiger partial charge is 0.0944 e. The second kappa shape index (κ2) is 4.81. The normalized spacial score (nSPS) is 17.3. The Morgan fingerprint density at radius 2 is 2.20 bits per heavy atom. The lowest BCUT2D eigenvalue weighted by molar-refractivity contribution is 0.508. The number of nitrogens with one attached hydrogen (secondary N) is 1. The van der Waals surface area contributed by atoms with Crippen LogP contribution in [0.15, 0.2) is 0 Å². The Labute approximate surface area is 102 Å². The molecular formula is C11H19ClN2S. The molecule has 1 aliphatic rings. The number of hydrogen-bond acceptors (Lipinski definition) is 3. The monoisotopic (exact) mass is 246 g/mol. The Balaban J connectivity index is 0.00000112. The highest BCUT2D eigenvalue weighted by Crippen LogP contribution is 2.40. The van der Waals surface area contributed by atoms with E-state index in [-0.39, 0.29) is 12.4 Å². The maximum atomic E-state index is 4.76. The van der Waals surface area contributed by atoms with Crippen LogP contribution in [-0.4, -0.2) is 18.6 Å². The van der Waals surface area contributed by atoms with Crippen molar-refractivity contribution >= 4 is 23.7 Å². The van der Waals surface area contributed by atoms with E-state index in [4.69, 9.17) is 4.98 Å². The summed E-state index contributed by atoms with van der Waals surface area (Å²) in [5.41, 5.74) is 1.69. The molecule has 0 amide bonds. The first-order chi connectivity index (χ1) is 6.63. The fraction of sp³-hybridized carbons (Fsp3) is 0.727. The number of hydrogen-bond donors (Lipinski definition) is 1. The molecule has 0 saturated heterocycles. The second-order valence-electron chi connectivity index (χ2n) is 4.62. The Morgan fingerprint density at radius 1 is 1.47 bits per heavy atom. The fourth-order valence-corrected chi connectivity index (χ4v) is 3.23. The SMILES string of the molecule is CNCCc1nc2c(s1)CCC2(C)C.Cl. The maximum absolute atomic E-state index is 4.76. The quantitative estimate of drug-likeness (QED) is 0.887. The highest BCUT2D eigenvalue weighted by molar-refractivity contribution is 7.11. The van der Waals surface area contributed by atoms with Crippen LogP contribution in [0.2, 0.25) is 0 Å². The van der Waals surface area contributed by atoms with Gasteiger partial charge >= 0.3 is 0 Å². The summed E-state index contributed by atoms with van der Waals surface area (Å²) in [5.74, 6) is 0. The number of aromatic nitrogens is 1. The van der Waals surface area contributed by atoms with Crippen molar-refractivity contribution in [1.82, 2.24) is 10.3 Å². The summed E-state index contributed by atoms with van der Waals surface area (Å²) in [6, 6.07) is 0. The van der Waals surface area contributed by atoms with E-state index in [1.807, 2.05) is 18.4 Å². The Hall–Kier alpha value is -0.120. The van der Waals surface area contributed by atoms with Crippen LogP contribution in [0.4, 0.5) is 0 Å². The maximum Gasteiger partial charge on any atom is 0.0944 e. The molecule has 1 aromatic heterocycles. The molecule has 0 radical (unpaired) electrons. The molecule has 0 unspecified atom stereocenters. The van der Waals surface area contributed by atoms with Crippen molar-refractivity contribution in [1.29, 1.82) is 0 Å². The van der Waals surface area contributed by atoms with Crippen molar-refractivity contribution in [2.75, 3.05) is 13.6 Å². The molecule has 1 aliphatic carbocycles. The molecule has 0 bridgehead atoms. The second-order valence-corrected chi connectivity index (χ2v) is 5.78. The van der Waals surface area contributed by atoms with Gasteiger partial charge in [-0.2, -0.15) is 0 Å². The molecule has 0 atom stereocenters. The summed E-state index contributed by atoms with van der Waals surface area (Å²) in [7, 11) is 1.99. The zero-order valence-electron chi connectivity index (χ0n) is 9.59. The molecular weight excluding hydrogens is 228 g/mol. The van der Waals surface area contributed by atoms with Crippen molar-refractivity contribution in [2.24, 2.45) is 0 Å². The van der Waals surface area contributed by atoms with E-state index in [1.54, 1.807) is 0 Å². The van der Waals surface area contributed by atoms with Gasteiger partial charge in [-0.3, -0.25) is 0 Å². The number of thiazole rings is 1. The number of halogens is 1. The van der Waals surface area contributed by atoms with Crippen LogP contribution < -0.4 is 5.32 Å². The van der Waals surface area contributed by atoms with Gasteiger partial charge < -0.3 is 5.32 Å². The van der Waals surface area contributed by atoms with Crippen LogP contribution in [0.25, 0.3) is 0 Å². The number of nitrogens with zero attached hydrogens (tertiary/aromatic N) is 1. The lowest BCUT2D eigenvalue weighted by Crippen LogP contribution is -2.14. The first-order valence-corrected chi connectivity index (χ1v) is 6.09. The van der Waals surface area contributed by atoms with E-state index in [9.17, 15) is 0 Å². The average molecular weight is 247 g/mol. The Morgan fingerprint density at radius 3 is 2.80 bits per heavy atom. The van der Waals surface area contributed by atoms with Crippen molar-refractivity contribution in [2.45, 2.75) is 38.5 Å². The van der Waals surface area contributed by atoms with Crippen molar-refractivity contribution in [3.05, 3.63) is 15.6 Å². The summed E-state index contributed by atoms with van der Waals surface area (Å²) < 4.78 is 0. The molecule has 2 rings (SSSR count). The van der Waals surface area contributed by atoms with Crippen LogP contribution in [0.5, 0.6) is 0 Å². The van der Waals surface area contributed by atoms with Gasteiger partial charge in [0.25, 0.3) is 0 Å². The molecule has 0 aliphatic heterocycles. The molecule has 0 aromatic carbocycles. The minimum absolute atomic E-state index is 0. The number of fused-ring (bicyclic) bond motifs is 1. The van der Waals surface area contributed by atoms with Crippen LogP contribution >= 0.6 is 23.7 Å². The summed E-state index contributed by atoms with van der Waals surface area (Å²) in [6.45, 7) is 5.65. The van der Waals surface area contributed by atoms with Crippen molar-refractivity contribution in [3.8, 4) is 0 Å². The van der Waals surface area contributed by atoms with Gasteiger partial charge in [0.1, 0.15) is 0 Å². The third kappa shape index (κ3) is 2.52. The van der Waals surface area contributed by atoms with E-state index < -0.39 is 0 Å². The third-order valence-corrected chi connectivity index (χ3v) is 4.12. The number of likely N-dealkylation sites (N-methyl/N-ethyl adjacent to an activating group) is 1. The van der Waals surface area contributed by atoms with Crippen LogP contribution in [0.3, 0.4) is 0 Å². The summed E-state index contributed by atoms with van der Waals surface area (Å²) in [5, 5.41) is 4.47. The fourth-order valence-electron chi connectivity index (χ4n) is 1.98. The van der Waals surface area contributed by atoms with Crippen molar-refractivity contribution in [3.63, 3.8) is 0 Å². The first-order valence-electron chi connectivity index (χ1n) is 5.27. The average Bonchev–Trinajstić information content (AvgIpc) is 2.65.